The lowest BCUT2D eigenvalue weighted by Crippen LogP contribution is -2.15. The van der Waals surface area contributed by atoms with Crippen LogP contribution >= 0.6 is 11.3 Å². The Hall–Kier alpha value is -6.88. The first-order valence-corrected chi connectivity index (χ1v) is 19.1. The van der Waals surface area contributed by atoms with Gasteiger partial charge in [-0.3, -0.25) is 0 Å². The Labute approximate surface area is 315 Å². The number of thiophene rings is 1. The van der Waals surface area contributed by atoms with E-state index in [0.29, 0.717) is 0 Å². The first-order chi connectivity index (χ1) is 26.8. The molecule has 0 saturated carbocycles. The molecule has 0 bridgehead atoms. The fraction of sp³-hybridized carbons (Fsp3) is 0. The first kappa shape index (κ1) is 29.7. The summed E-state index contributed by atoms with van der Waals surface area (Å²) >= 11 is 1.84. The van der Waals surface area contributed by atoms with Gasteiger partial charge < -0.3 is 4.90 Å². The van der Waals surface area contributed by atoms with Gasteiger partial charge in [0.05, 0.1) is 28.3 Å². The van der Waals surface area contributed by atoms with Crippen molar-refractivity contribution in [2.75, 3.05) is 4.90 Å². The van der Waals surface area contributed by atoms with Crippen LogP contribution in [0, 0.1) is 0 Å². The topological polar surface area (TPSA) is 29.0 Å². The molecule has 0 spiro atoms. The molecule has 250 valence electrons. The predicted octanol–water partition coefficient (Wildman–Crippen LogP) is 14.2. The van der Waals surface area contributed by atoms with Gasteiger partial charge in [-0.15, -0.1) is 11.3 Å². The van der Waals surface area contributed by atoms with Crippen LogP contribution in [0.4, 0.5) is 17.1 Å². The Bertz CT molecular complexity index is 3350. The van der Waals surface area contributed by atoms with Crippen LogP contribution in [0.3, 0.4) is 0 Å². The van der Waals surface area contributed by atoms with Crippen molar-refractivity contribution in [3.05, 3.63) is 176 Å². The summed E-state index contributed by atoms with van der Waals surface area (Å²) in [4.78, 5) is 13.1. The number of hydrogen-bond donors (Lipinski definition) is 0. The van der Waals surface area contributed by atoms with E-state index in [-0.39, 0.29) is 0 Å². The molecular formula is C50H29N3S. The minimum Gasteiger partial charge on any atom is -0.309 e. The van der Waals surface area contributed by atoms with Crippen molar-refractivity contribution in [3.8, 4) is 33.8 Å². The molecule has 1 aliphatic heterocycles. The maximum atomic E-state index is 5.41. The minimum absolute atomic E-state index is 0.723. The molecule has 3 nitrogen and oxygen atoms in total. The van der Waals surface area contributed by atoms with Gasteiger partial charge in [-0.2, -0.15) is 0 Å². The van der Waals surface area contributed by atoms with E-state index >= 15 is 0 Å². The lowest BCUT2D eigenvalue weighted by molar-refractivity contribution is 1.23. The largest absolute Gasteiger partial charge is 0.309 e. The highest BCUT2D eigenvalue weighted by Crippen LogP contribution is 2.53. The molecular weight excluding hydrogens is 675 g/mol. The second kappa shape index (κ2) is 11.3. The average Bonchev–Trinajstić information content (AvgIpc) is 3.61. The van der Waals surface area contributed by atoms with Crippen LogP contribution in [0.1, 0.15) is 0 Å². The maximum Gasteiger partial charge on any atom is 0.161 e. The zero-order chi connectivity index (χ0) is 35.3. The van der Waals surface area contributed by atoms with Crippen molar-refractivity contribution >= 4 is 91.8 Å². The number of rotatable bonds is 3. The van der Waals surface area contributed by atoms with Gasteiger partial charge >= 0.3 is 0 Å². The molecule has 0 aliphatic carbocycles. The van der Waals surface area contributed by atoms with Crippen LogP contribution in [0.2, 0.25) is 0 Å². The third-order valence-electron chi connectivity index (χ3n) is 11.2. The quantitative estimate of drug-likeness (QED) is 0.183. The molecule has 0 fully saturated rings. The van der Waals surface area contributed by atoms with Gasteiger partial charge in [-0.1, -0.05) is 133 Å². The Morgan fingerprint density at radius 1 is 0.389 bits per heavy atom. The number of para-hydroxylation sites is 1. The number of benzene rings is 9. The zero-order valence-electron chi connectivity index (χ0n) is 29.0. The molecule has 0 amide bonds. The number of anilines is 3. The second-order valence-electron chi connectivity index (χ2n) is 14.1. The molecule has 0 atom stereocenters. The van der Waals surface area contributed by atoms with Crippen molar-refractivity contribution in [3.63, 3.8) is 0 Å². The van der Waals surface area contributed by atoms with E-state index in [4.69, 9.17) is 9.97 Å². The first-order valence-electron chi connectivity index (χ1n) is 18.3. The molecule has 0 saturated heterocycles. The number of fused-ring (bicyclic) bond motifs is 8. The van der Waals surface area contributed by atoms with Crippen molar-refractivity contribution in [1.82, 2.24) is 9.97 Å². The van der Waals surface area contributed by atoms with Gasteiger partial charge in [-0.25, -0.2) is 9.97 Å². The number of nitrogens with zero attached hydrogens (tertiary/aromatic N) is 3. The molecule has 0 unspecified atom stereocenters. The Morgan fingerprint density at radius 2 is 1.06 bits per heavy atom. The highest BCUT2D eigenvalue weighted by Gasteiger charge is 2.28. The van der Waals surface area contributed by atoms with Gasteiger partial charge in [0.15, 0.2) is 5.82 Å². The molecule has 9 aromatic carbocycles. The summed E-state index contributed by atoms with van der Waals surface area (Å²) in [6.07, 6.45) is 0. The van der Waals surface area contributed by atoms with E-state index < -0.39 is 0 Å². The molecule has 0 radical (unpaired) electrons. The molecule has 2 aromatic heterocycles. The highest BCUT2D eigenvalue weighted by molar-refractivity contribution is 7.25. The van der Waals surface area contributed by atoms with E-state index in [0.717, 1.165) is 50.0 Å². The minimum atomic E-state index is 0.723. The standard InChI is InChI=1S/C50H29N3S/c1-2-12-32-28-45-41(27-31(32)11-1)38-19-7-13-30-14-8-23-44(48(30)38)53(45)43-22-10-17-34-35(43)18-9-20-39(34)50-51-42-21-5-3-16-40(42)49(52-50)33-25-26-37-36-15-4-6-24-46(36)54-47(37)29-33/h1-29H. The van der Waals surface area contributed by atoms with E-state index in [9.17, 15) is 0 Å². The highest BCUT2D eigenvalue weighted by atomic mass is 32.1. The summed E-state index contributed by atoms with van der Waals surface area (Å²) in [5.41, 5.74) is 9.99. The van der Waals surface area contributed by atoms with Gasteiger partial charge in [0.2, 0.25) is 0 Å². The lowest BCUT2D eigenvalue weighted by atomic mass is 9.88. The van der Waals surface area contributed by atoms with E-state index in [2.05, 4.69) is 181 Å². The smallest absolute Gasteiger partial charge is 0.161 e. The van der Waals surface area contributed by atoms with Crippen LogP contribution in [0.25, 0.3) is 97.2 Å². The van der Waals surface area contributed by atoms with Gasteiger partial charge in [-0.05, 0) is 69.6 Å². The summed E-state index contributed by atoms with van der Waals surface area (Å²) in [5, 5.41) is 10.9. The molecule has 4 heteroatoms. The zero-order valence-corrected chi connectivity index (χ0v) is 29.8. The molecule has 3 heterocycles. The Kier molecular flexibility index (Phi) is 6.21. The monoisotopic (exact) mass is 703 g/mol. The predicted molar refractivity (Wildman–Crippen MR) is 229 cm³/mol. The van der Waals surface area contributed by atoms with Gasteiger partial charge in [0, 0.05) is 53.0 Å². The van der Waals surface area contributed by atoms with Crippen LogP contribution in [-0.4, -0.2) is 9.97 Å². The van der Waals surface area contributed by atoms with Crippen LogP contribution < -0.4 is 4.90 Å². The third-order valence-corrected chi connectivity index (χ3v) is 12.3. The van der Waals surface area contributed by atoms with Gasteiger partial charge in [0.1, 0.15) is 0 Å². The third kappa shape index (κ3) is 4.29. The molecule has 1 aliphatic rings. The fourth-order valence-corrected chi connectivity index (χ4v) is 9.87. The van der Waals surface area contributed by atoms with Crippen LogP contribution in [0.15, 0.2) is 176 Å². The average molecular weight is 704 g/mol. The van der Waals surface area contributed by atoms with E-state index in [1.54, 1.807) is 0 Å². The summed E-state index contributed by atoms with van der Waals surface area (Å²) in [6, 6.07) is 63.8. The van der Waals surface area contributed by atoms with E-state index in [1.807, 2.05) is 11.3 Å². The van der Waals surface area contributed by atoms with Crippen molar-refractivity contribution in [2.45, 2.75) is 0 Å². The van der Waals surface area contributed by atoms with Crippen LogP contribution in [0.5, 0.6) is 0 Å². The number of hydrogen-bond acceptors (Lipinski definition) is 4. The fourth-order valence-electron chi connectivity index (χ4n) is 8.72. The SMILES string of the molecule is c1ccc2cc3c(cc2c1)-c1cccc2cccc(c12)N3c1cccc2c(-c3nc(-c4ccc5c(c4)sc4ccccc45)c4ccccc4n3)cccc12. The van der Waals surface area contributed by atoms with Crippen molar-refractivity contribution in [2.24, 2.45) is 0 Å². The lowest BCUT2D eigenvalue weighted by Gasteiger charge is -2.34. The summed E-state index contributed by atoms with van der Waals surface area (Å²) in [7, 11) is 0. The van der Waals surface area contributed by atoms with Crippen molar-refractivity contribution in [1.29, 1.82) is 0 Å². The van der Waals surface area contributed by atoms with E-state index in [1.165, 1.54) is 64.2 Å². The summed E-state index contributed by atoms with van der Waals surface area (Å²) < 4.78 is 2.56. The molecule has 12 rings (SSSR count). The van der Waals surface area contributed by atoms with Crippen molar-refractivity contribution < 1.29 is 0 Å². The molecule has 0 N–H and O–H groups in total. The summed E-state index contributed by atoms with van der Waals surface area (Å²) in [5.74, 6) is 0.723. The Balaban J connectivity index is 1.09. The second-order valence-corrected chi connectivity index (χ2v) is 15.2. The molecule has 11 aromatic rings. The summed E-state index contributed by atoms with van der Waals surface area (Å²) in [6.45, 7) is 0. The normalized spacial score (nSPS) is 12.4. The number of aromatic nitrogens is 2. The Morgan fingerprint density at radius 3 is 1.98 bits per heavy atom. The molecule has 54 heavy (non-hydrogen) atoms. The maximum absolute atomic E-state index is 5.41. The van der Waals surface area contributed by atoms with Gasteiger partial charge in [0.25, 0.3) is 0 Å². The van der Waals surface area contributed by atoms with Crippen LogP contribution in [-0.2, 0) is 0 Å².